The van der Waals surface area contributed by atoms with Crippen LogP contribution in [0.5, 0.6) is 0 Å². The molecule has 1 heterocycles. The van der Waals surface area contributed by atoms with Gasteiger partial charge in [0, 0.05) is 17.7 Å². The Morgan fingerprint density at radius 1 is 1.00 bits per heavy atom. The van der Waals surface area contributed by atoms with Crippen LogP contribution in [-0.2, 0) is 9.59 Å². The summed E-state index contributed by atoms with van der Waals surface area (Å²) in [4.78, 5) is 24.9. The van der Waals surface area contributed by atoms with Crippen LogP contribution in [0.2, 0.25) is 0 Å². The molecule has 3 heteroatoms. The van der Waals surface area contributed by atoms with Gasteiger partial charge in [-0.05, 0) is 26.7 Å². The molecule has 2 amide bonds. The van der Waals surface area contributed by atoms with Crippen LogP contribution >= 0.6 is 0 Å². The zero-order valence-corrected chi connectivity index (χ0v) is 10.5. The second-order valence-corrected chi connectivity index (χ2v) is 4.27. The van der Waals surface area contributed by atoms with Gasteiger partial charge in [0.15, 0.2) is 0 Å². The van der Waals surface area contributed by atoms with Crippen LogP contribution in [0.15, 0.2) is 11.1 Å². The molecule has 1 rings (SSSR count). The van der Waals surface area contributed by atoms with Crippen molar-refractivity contribution in [3.63, 3.8) is 0 Å². The van der Waals surface area contributed by atoms with Gasteiger partial charge in [0.25, 0.3) is 11.8 Å². The van der Waals surface area contributed by atoms with Gasteiger partial charge in [-0.2, -0.15) is 0 Å². The Morgan fingerprint density at radius 3 is 2.19 bits per heavy atom. The molecule has 0 aromatic heterocycles. The molecule has 0 aliphatic carbocycles. The predicted octanol–water partition coefficient (Wildman–Crippen LogP) is 2.66. The van der Waals surface area contributed by atoms with Crippen molar-refractivity contribution < 1.29 is 9.59 Å². The number of likely N-dealkylation sites (N-methyl/N-ethyl adjacent to an activating group) is 1. The van der Waals surface area contributed by atoms with Crippen LogP contribution in [0.4, 0.5) is 0 Å². The molecule has 1 aliphatic rings. The van der Waals surface area contributed by atoms with E-state index in [1.54, 1.807) is 6.92 Å². The molecule has 1 aliphatic heterocycles. The minimum atomic E-state index is -0.0991. The third-order valence-electron chi connectivity index (χ3n) is 3.12. The SMILES string of the molecule is CCCCCCC1=C(C)C(=O)N(CC)C1=O. The van der Waals surface area contributed by atoms with Gasteiger partial charge in [0.2, 0.25) is 0 Å². The molecule has 0 aromatic rings. The number of nitrogens with zero attached hydrogens (tertiary/aromatic N) is 1. The topological polar surface area (TPSA) is 37.4 Å². The smallest absolute Gasteiger partial charge is 0.257 e. The Hall–Kier alpha value is -1.12. The maximum atomic E-state index is 11.9. The molecule has 0 radical (unpaired) electrons. The maximum absolute atomic E-state index is 11.9. The second-order valence-electron chi connectivity index (χ2n) is 4.27. The molecule has 0 N–H and O–H groups in total. The van der Waals surface area contributed by atoms with E-state index in [1.165, 1.54) is 17.7 Å². The van der Waals surface area contributed by atoms with Crippen molar-refractivity contribution in [2.45, 2.75) is 52.9 Å². The summed E-state index contributed by atoms with van der Waals surface area (Å²) in [6, 6.07) is 0. The van der Waals surface area contributed by atoms with E-state index in [-0.39, 0.29) is 11.8 Å². The molecule has 0 unspecified atom stereocenters. The standard InChI is InChI=1S/C13H21NO2/c1-4-6-7-8-9-11-10(3)12(15)14(5-2)13(11)16/h4-9H2,1-3H3. The lowest BCUT2D eigenvalue weighted by Crippen LogP contribution is -2.31. The van der Waals surface area contributed by atoms with Crippen molar-refractivity contribution in [2.75, 3.05) is 6.54 Å². The largest absolute Gasteiger partial charge is 0.275 e. The number of amides is 2. The number of carbonyl (C=O) groups excluding carboxylic acids is 2. The molecule has 0 spiro atoms. The number of hydrogen-bond acceptors (Lipinski definition) is 2. The van der Waals surface area contributed by atoms with Crippen molar-refractivity contribution in [1.82, 2.24) is 4.90 Å². The lowest BCUT2D eigenvalue weighted by Gasteiger charge is -2.11. The van der Waals surface area contributed by atoms with Crippen LogP contribution < -0.4 is 0 Å². The van der Waals surface area contributed by atoms with Crippen LogP contribution in [0.25, 0.3) is 0 Å². The summed E-state index contributed by atoms with van der Waals surface area (Å²) >= 11 is 0. The Kier molecular flexibility index (Phi) is 4.71. The average Bonchev–Trinajstić information content (AvgIpc) is 2.47. The van der Waals surface area contributed by atoms with Gasteiger partial charge in [-0.25, -0.2) is 0 Å². The number of imide groups is 1. The lowest BCUT2D eigenvalue weighted by atomic mass is 10.0. The first kappa shape index (κ1) is 12.9. The Labute approximate surface area is 97.5 Å². The minimum absolute atomic E-state index is 0.0681. The van der Waals surface area contributed by atoms with Crippen LogP contribution in [0.3, 0.4) is 0 Å². The third-order valence-corrected chi connectivity index (χ3v) is 3.12. The monoisotopic (exact) mass is 223 g/mol. The van der Waals surface area contributed by atoms with Gasteiger partial charge in [-0.3, -0.25) is 14.5 Å². The molecule has 0 bridgehead atoms. The van der Waals surface area contributed by atoms with E-state index in [2.05, 4.69) is 6.92 Å². The summed E-state index contributed by atoms with van der Waals surface area (Å²) in [5, 5.41) is 0. The summed E-state index contributed by atoms with van der Waals surface area (Å²) in [5.41, 5.74) is 1.39. The van der Waals surface area contributed by atoms with Gasteiger partial charge in [-0.1, -0.05) is 26.2 Å². The van der Waals surface area contributed by atoms with Crippen molar-refractivity contribution in [3.8, 4) is 0 Å². The zero-order chi connectivity index (χ0) is 12.1. The van der Waals surface area contributed by atoms with Crippen molar-refractivity contribution in [2.24, 2.45) is 0 Å². The highest BCUT2D eigenvalue weighted by Gasteiger charge is 2.33. The number of unbranched alkanes of at least 4 members (excludes halogenated alkanes) is 3. The van der Waals surface area contributed by atoms with Crippen LogP contribution in [-0.4, -0.2) is 23.3 Å². The summed E-state index contributed by atoms with van der Waals surface area (Å²) in [5.74, 6) is -0.167. The average molecular weight is 223 g/mol. The lowest BCUT2D eigenvalue weighted by molar-refractivity contribution is -0.137. The summed E-state index contributed by atoms with van der Waals surface area (Å²) in [7, 11) is 0. The van der Waals surface area contributed by atoms with Crippen LogP contribution in [0, 0.1) is 0 Å². The van der Waals surface area contributed by atoms with Crippen molar-refractivity contribution >= 4 is 11.8 Å². The quantitative estimate of drug-likeness (QED) is 0.513. The van der Waals surface area contributed by atoms with E-state index in [4.69, 9.17) is 0 Å². The Bertz CT molecular complexity index is 318. The van der Waals surface area contributed by atoms with E-state index in [0.717, 1.165) is 24.8 Å². The van der Waals surface area contributed by atoms with Crippen LogP contribution in [0.1, 0.15) is 52.9 Å². The van der Waals surface area contributed by atoms with Gasteiger partial charge in [0.1, 0.15) is 0 Å². The van der Waals surface area contributed by atoms with E-state index in [9.17, 15) is 9.59 Å². The third kappa shape index (κ3) is 2.52. The molecule has 0 atom stereocenters. The van der Waals surface area contributed by atoms with Gasteiger partial charge in [0.05, 0.1) is 0 Å². The fourth-order valence-corrected chi connectivity index (χ4v) is 2.06. The van der Waals surface area contributed by atoms with Gasteiger partial charge >= 0.3 is 0 Å². The van der Waals surface area contributed by atoms with E-state index < -0.39 is 0 Å². The number of hydrogen-bond donors (Lipinski definition) is 0. The Morgan fingerprint density at radius 2 is 1.69 bits per heavy atom. The summed E-state index contributed by atoms with van der Waals surface area (Å²) < 4.78 is 0. The molecule has 90 valence electrons. The first-order chi connectivity index (χ1) is 7.63. The first-order valence-electron chi connectivity index (χ1n) is 6.19. The minimum Gasteiger partial charge on any atom is -0.275 e. The highest BCUT2D eigenvalue weighted by atomic mass is 16.2. The predicted molar refractivity (Wildman–Crippen MR) is 63.9 cm³/mol. The molecular weight excluding hydrogens is 202 g/mol. The molecule has 0 fully saturated rings. The molecule has 0 aromatic carbocycles. The Balaban J connectivity index is 2.58. The highest BCUT2D eigenvalue weighted by Crippen LogP contribution is 2.24. The van der Waals surface area contributed by atoms with Gasteiger partial charge in [-0.15, -0.1) is 0 Å². The van der Waals surface area contributed by atoms with E-state index in [0.29, 0.717) is 12.1 Å². The molecular formula is C13H21NO2. The van der Waals surface area contributed by atoms with E-state index >= 15 is 0 Å². The normalized spacial score (nSPS) is 16.6. The van der Waals surface area contributed by atoms with Crippen molar-refractivity contribution in [1.29, 1.82) is 0 Å². The highest BCUT2D eigenvalue weighted by molar-refractivity contribution is 6.18. The fourth-order valence-electron chi connectivity index (χ4n) is 2.06. The number of carbonyl (C=O) groups is 2. The molecule has 3 nitrogen and oxygen atoms in total. The maximum Gasteiger partial charge on any atom is 0.257 e. The second kappa shape index (κ2) is 5.83. The van der Waals surface area contributed by atoms with Crippen molar-refractivity contribution in [3.05, 3.63) is 11.1 Å². The van der Waals surface area contributed by atoms with E-state index in [1.807, 2.05) is 6.92 Å². The first-order valence-corrected chi connectivity index (χ1v) is 6.19. The zero-order valence-electron chi connectivity index (χ0n) is 10.5. The van der Waals surface area contributed by atoms with Gasteiger partial charge < -0.3 is 0 Å². The molecule has 16 heavy (non-hydrogen) atoms. The fraction of sp³-hybridized carbons (Fsp3) is 0.692. The molecule has 0 saturated carbocycles. The summed E-state index contributed by atoms with van der Waals surface area (Å²) in [6.07, 6.45) is 5.29. The molecule has 0 saturated heterocycles. The summed E-state index contributed by atoms with van der Waals surface area (Å²) in [6.45, 7) is 6.25. The number of rotatable bonds is 6.